The van der Waals surface area contributed by atoms with Gasteiger partial charge in [-0.1, -0.05) is 30.3 Å². The largest absolute Gasteiger partial charge is 0.491 e. The lowest BCUT2D eigenvalue weighted by Gasteiger charge is -2.22. The van der Waals surface area contributed by atoms with Crippen LogP contribution in [0.2, 0.25) is 0 Å². The number of alkyl halides is 3. The van der Waals surface area contributed by atoms with E-state index in [0.717, 1.165) is 5.56 Å². The molecule has 1 aromatic carbocycles. The third kappa shape index (κ3) is 5.27. The molecule has 2 atom stereocenters. The van der Waals surface area contributed by atoms with E-state index in [4.69, 9.17) is 10.5 Å². The lowest BCUT2D eigenvalue weighted by atomic mass is 10.2. The van der Waals surface area contributed by atoms with Crippen molar-refractivity contribution in [3.05, 3.63) is 35.9 Å². The van der Waals surface area contributed by atoms with Crippen molar-refractivity contribution in [1.82, 2.24) is 0 Å². The summed E-state index contributed by atoms with van der Waals surface area (Å²) < 4.78 is 45.5. The molecule has 0 saturated heterocycles. The number of halogens is 3. The molecule has 0 aliphatic rings. The SMILES string of the molecule is C[C@H](N)C(OCc1ccccc1)OC(=O)C(F)(F)F. The Bertz CT molecular complexity index is 406. The number of benzene rings is 1. The zero-order valence-corrected chi connectivity index (χ0v) is 10.2. The van der Waals surface area contributed by atoms with Gasteiger partial charge in [-0.3, -0.25) is 0 Å². The molecule has 0 aromatic heterocycles. The summed E-state index contributed by atoms with van der Waals surface area (Å²) in [5.41, 5.74) is 6.16. The standard InChI is InChI=1S/C12H14F3NO3/c1-8(16)10(19-11(17)12(13,14)15)18-7-9-5-3-2-4-6-9/h2-6,8,10H,7,16H2,1H3/t8-,10?/m0/s1. The van der Waals surface area contributed by atoms with Crippen LogP contribution in [0.5, 0.6) is 0 Å². The zero-order chi connectivity index (χ0) is 14.5. The highest BCUT2D eigenvalue weighted by molar-refractivity contribution is 5.75. The molecule has 0 saturated carbocycles. The molecular weight excluding hydrogens is 263 g/mol. The highest BCUT2D eigenvalue weighted by atomic mass is 19.4. The fourth-order valence-electron chi connectivity index (χ4n) is 1.22. The second kappa shape index (κ2) is 6.53. The van der Waals surface area contributed by atoms with Gasteiger partial charge in [-0.2, -0.15) is 13.2 Å². The third-order valence-corrected chi connectivity index (χ3v) is 2.14. The molecular formula is C12H14F3NO3. The van der Waals surface area contributed by atoms with Crippen molar-refractivity contribution in [2.45, 2.75) is 32.0 Å². The van der Waals surface area contributed by atoms with Crippen LogP contribution in [0.3, 0.4) is 0 Å². The number of carbonyl (C=O) groups is 1. The minimum Gasteiger partial charge on any atom is -0.427 e. The van der Waals surface area contributed by atoms with E-state index in [0.29, 0.717) is 0 Å². The Hall–Kier alpha value is -1.60. The summed E-state index contributed by atoms with van der Waals surface area (Å²) in [6.45, 7) is 1.39. The number of esters is 1. The fourth-order valence-corrected chi connectivity index (χ4v) is 1.22. The van der Waals surface area contributed by atoms with Crippen molar-refractivity contribution in [2.24, 2.45) is 5.73 Å². The van der Waals surface area contributed by atoms with Gasteiger partial charge in [0, 0.05) is 0 Å². The first-order chi connectivity index (χ1) is 8.80. The van der Waals surface area contributed by atoms with Gasteiger partial charge < -0.3 is 15.2 Å². The second-order valence-corrected chi connectivity index (χ2v) is 3.93. The van der Waals surface area contributed by atoms with Gasteiger partial charge in [-0.05, 0) is 12.5 Å². The summed E-state index contributed by atoms with van der Waals surface area (Å²) in [5.74, 6) is -2.32. The van der Waals surface area contributed by atoms with Crippen LogP contribution in [-0.4, -0.2) is 24.5 Å². The van der Waals surface area contributed by atoms with E-state index >= 15 is 0 Å². The van der Waals surface area contributed by atoms with Gasteiger partial charge in [0.1, 0.15) is 0 Å². The Morgan fingerprint density at radius 1 is 1.32 bits per heavy atom. The topological polar surface area (TPSA) is 61.6 Å². The molecule has 0 aliphatic heterocycles. The van der Waals surface area contributed by atoms with Gasteiger partial charge in [0.2, 0.25) is 6.29 Å². The molecule has 19 heavy (non-hydrogen) atoms. The molecule has 0 fully saturated rings. The van der Waals surface area contributed by atoms with E-state index in [2.05, 4.69) is 4.74 Å². The molecule has 1 aromatic rings. The van der Waals surface area contributed by atoms with Gasteiger partial charge in [-0.25, -0.2) is 4.79 Å². The van der Waals surface area contributed by atoms with Crippen LogP contribution in [-0.2, 0) is 20.9 Å². The fraction of sp³-hybridized carbons (Fsp3) is 0.417. The lowest BCUT2D eigenvalue weighted by Crippen LogP contribution is -2.41. The van der Waals surface area contributed by atoms with Gasteiger partial charge >= 0.3 is 12.1 Å². The van der Waals surface area contributed by atoms with Crippen LogP contribution < -0.4 is 5.73 Å². The molecule has 2 N–H and O–H groups in total. The van der Waals surface area contributed by atoms with Gasteiger partial charge in [0.25, 0.3) is 0 Å². The minimum absolute atomic E-state index is 0.00180. The monoisotopic (exact) mass is 277 g/mol. The molecule has 1 rings (SSSR count). The van der Waals surface area contributed by atoms with E-state index in [9.17, 15) is 18.0 Å². The summed E-state index contributed by atoms with van der Waals surface area (Å²) >= 11 is 0. The predicted octanol–water partition coefficient (Wildman–Crippen LogP) is 1.98. The third-order valence-electron chi connectivity index (χ3n) is 2.14. The van der Waals surface area contributed by atoms with Crippen molar-refractivity contribution in [1.29, 1.82) is 0 Å². The average molecular weight is 277 g/mol. The zero-order valence-electron chi connectivity index (χ0n) is 10.2. The Labute approximate surface area is 108 Å². The van der Waals surface area contributed by atoms with Crippen LogP contribution in [0.4, 0.5) is 13.2 Å². The second-order valence-electron chi connectivity index (χ2n) is 3.93. The number of carbonyl (C=O) groups excluding carboxylic acids is 1. The first kappa shape index (κ1) is 15.5. The van der Waals surface area contributed by atoms with Crippen LogP contribution in [0.25, 0.3) is 0 Å². The molecule has 0 bridgehead atoms. The molecule has 0 radical (unpaired) electrons. The predicted molar refractivity (Wildman–Crippen MR) is 60.8 cm³/mol. The molecule has 0 spiro atoms. The number of ether oxygens (including phenoxy) is 2. The van der Waals surface area contributed by atoms with E-state index < -0.39 is 24.5 Å². The van der Waals surface area contributed by atoms with E-state index in [1.807, 2.05) is 0 Å². The summed E-state index contributed by atoms with van der Waals surface area (Å²) in [5, 5.41) is 0. The highest BCUT2D eigenvalue weighted by Gasteiger charge is 2.43. The van der Waals surface area contributed by atoms with Crippen molar-refractivity contribution in [3.63, 3.8) is 0 Å². The molecule has 0 amide bonds. The van der Waals surface area contributed by atoms with Gasteiger partial charge in [0.15, 0.2) is 0 Å². The molecule has 106 valence electrons. The Morgan fingerprint density at radius 3 is 2.37 bits per heavy atom. The molecule has 4 nitrogen and oxygen atoms in total. The van der Waals surface area contributed by atoms with Crippen LogP contribution >= 0.6 is 0 Å². The summed E-state index contributed by atoms with van der Waals surface area (Å²) in [6.07, 6.45) is -6.52. The average Bonchev–Trinajstić information content (AvgIpc) is 2.33. The molecule has 1 unspecified atom stereocenters. The molecule has 7 heteroatoms. The van der Waals surface area contributed by atoms with Gasteiger partial charge in [-0.15, -0.1) is 0 Å². The number of hydrogen-bond donors (Lipinski definition) is 1. The maximum Gasteiger partial charge on any atom is 0.491 e. The van der Waals surface area contributed by atoms with Crippen molar-refractivity contribution >= 4 is 5.97 Å². The summed E-state index contributed by atoms with van der Waals surface area (Å²) in [4.78, 5) is 10.7. The Balaban J connectivity index is 2.57. The van der Waals surface area contributed by atoms with E-state index in [-0.39, 0.29) is 6.61 Å². The first-order valence-electron chi connectivity index (χ1n) is 5.49. The van der Waals surface area contributed by atoms with Crippen molar-refractivity contribution < 1.29 is 27.4 Å². The van der Waals surface area contributed by atoms with Gasteiger partial charge in [0.05, 0.1) is 12.6 Å². The molecule has 0 heterocycles. The van der Waals surface area contributed by atoms with Crippen LogP contribution in [0.1, 0.15) is 12.5 Å². The highest BCUT2D eigenvalue weighted by Crippen LogP contribution is 2.19. The van der Waals surface area contributed by atoms with Crippen LogP contribution in [0.15, 0.2) is 30.3 Å². The van der Waals surface area contributed by atoms with Crippen molar-refractivity contribution in [2.75, 3.05) is 0 Å². The van der Waals surface area contributed by atoms with Crippen molar-refractivity contribution in [3.8, 4) is 0 Å². The lowest BCUT2D eigenvalue weighted by molar-refractivity contribution is -0.229. The Morgan fingerprint density at radius 2 is 1.89 bits per heavy atom. The quantitative estimate of drug-likeness (QED) is 0.660. The smallest absolute Gasteiger partial charge is 0.427 e. The van der Waals surface area contributed by atoms with E-state index in [1.165, 1.54) is 6.92 Å². The number of hydrogen-bond acceptors (Lipinski definition) is 4. The Kier molecular flexibility index (Phi) is 5.31. The van der Waals surface area contributed by atoms with E-state index in [1.54, 1.807) is 30.3 Å². The first-order valence-corrected chi connectivity index (χ1v) is 5.49. The minimum atomic E-state index is -5.07. The number of nitrogens with two attached hydrogens (primary N) is 1. The maximum atomic E-state index is 12.1. The molecule has 0 aliphatic carbocycles. The summed E-state index contributed by atoms with van der Waals surface area (Å²) in [6, 6.07) is 7.86. The number of rotatable bonds is 5. The maximum absolute atomic E-state index is 12.1. The van der Waals surface area contributed by atoms with Crippen LogP contribution in [0, 0.1) is 0 Å². The normalized spacial score (nSPS) is 14.8. The summed E-state index contributed by atoms with van der Waals surface area (Å²) in [7, 11) is 0.